The molecule has 0 N–H and O–H groups in total. The van der Waals surface area contributed by atoms with E-state index < -0.39 is 0 Å². The van der Waals surface area contributed by atoms with E-state index >= 15 is 0 Å². The fraction of sp³-hybridized carbons (Fsp3) is 0.667. The fourth-order valence-electron chi connectivity index (χ4n) is 1.95. The molecule has 2 heterocycles. The molecule has 12 heavy (non-hydrogen) atoms. The second-order valence-electron chi connectivity index (χ2n) is 3.45. The number of fused-ring (bicyclic) bond motifs is 4. The summed E-state index contributed by atoms with van der Waals surface area (Å²) in [7, 11) is 0. The van der Waals surface area contributed by atoms with Crippen LogP contribution in [0.25, 0.3) is 0 Å². The van der Waals surface area contributed by atoms with E-state index in [4.69, 9.17) is 6.11 Å². The maximum atomic E-state index is 11.2. The maximum absolute atomic E-state index is 11.2. The highest BCUT2D eigenvalue weighted by Gasteiger charge is 2.33. The second kappa shape index (κ2) is 3.21. The molecule has 3 fully saturated rings. The van der Waals surface area contributed by atoms with Crippen molar-refractivity contribution in [1.82, 2.24) is 0 Å². The first-order chi connectivity index (χ1) is 6.16. The van der Waals surface area contributed by atoms with Crippen molar-refractivity contribution >= 4 is 21.9 Å². The van der Waals surface area contributed by atoms with Gasteiger partial charge in [-0.3, -0.25) is 4.79 Å². The Kier molecular flexibility index (Phi) is 1.91. The number of carbonyl (C=O) groups is 1. The van der Waals surface area contributed by atoms with Crippen LogP contribution in [0.5, 0.6) is 0 Å². The van der Waals surface area contributed by atoms with Gasteiger partial charge in [-0.25, -0.2) is 0 Å². The predicted molar refractivity (Wildman–Crippen MR) is 48.8 cm³/mol. The minimum Gasteiger partial charge on any atom is -0.458 e. The van der Waals surface area contributed by atoms with Gasteiger partial charge in [0.05, 0.1) is 1.37 Å². The number of hydrogen-bond acceptors (Lipinski definition) is 2. The molecule has 0 aromatic rings. The Bertz CT molecular complexity index is 271. The molecular formula is C9H11BrO2. The highest BCUT2D eigenvalue weighted by atomic mass is 79.9. The van der Waals surface area contributed by atoms with E-state index in [1.807, 2.05) is 0 Å². The van der Waals surface area contributed by atoms with E-state index in [1.54, 1.807) is 0 Å². The van der Waals surface area contributed by atoms with Crippen LogP contribution in [0.4, 0.5) is 0 Å². The first kappa shape index (κ1) is 7.13. The summed E-state index contributed by atoms with van der Waals surface area (Å²) < 4.78 is 12.7. The van der Waals surface area contributed by atoms with Crippen molar-refractivity contribution in [2.75, 3.05) is 0 Å². The summed E-state index contributed by atoms with van der Waals surface area (Å²) in [6, 6.07) is 0. The van der Waals surface area contributed by atoms with Crippen molar-refractivity contribution < 1.29 is 10.9 Å². The summed E-state index contributed by atoms with van der Waals surface area (Å²) in [5, 5.41) is 0. The van der Waals surface area contributed by atoms with Crippen LogP contribution >= 0.6 is 15.9 Å². The van der Waals surface area contributed by atoms with Crippen LogP contribution in [-0.4, -0.2) is 12.1 Å². The van der Waals surface area contributed by atoms with Gasteiger partial charge in [-0.2, -0.15) is 0 Å². The molecule has 3 rings (SSSR count). The highest BCUT2D eigenvalue weighted by molar-refractivity contribution is 9.11. The zero-order valence-corrected chi connectivity index (χ0v) is 8.26. The second-order valence-corrected chi connectivity index (χ2v) is 3.85. The van der Waals surface area contributed by atoms with Gasteiger partial charge in [-0.15, -0.1) is 0 Å². The van der Waals surface area contributed by atoms with E-state index in [0.29, 0.717) is 17.3 Å². The molecule has 1 saturated carbocycles. The van der Waals surface area contributed by atoms with Crippen LogP contribution in [0, 0.1) is 5.92 Å². The lowest BCUT2D eigenvalue weighted by atomic mass is 9.84. The topological polar surface area (TPSA) is 26.3 Å². The summed E-state index contributed by atoms with van der Waals surface area (Å²) in [4.78, 5) is 11.6. The zero-order valence-electron chi connectivity index (χ0n) is 7.68. The molecule has 2 saturated heterocycles. The van der Waals surface area contributed by atoms with Crippen LogP contribution < -0.4 is 0 Å². The third-order valence-electron chi connectivity index (χ3n) is 2.58. The van der Waals surface area contributed by atoms with Gasteiger partial charge in [0.2, 0.25) is 0 Å². The average Bonchev–Trinajstić information content (AvgIpc) is 2.31. The van der Waals surface area contributed by atoms with Crippen LogP contribution in [0.2, 0.25) is 0 Å². The summed E-state index contributed by atoms with van der Waals surface area (Å²) in [5.74, 6) is 0.301. The quantitative estimate of drug-likeness (QED) is 0.599. The van der Waals surface area contributed by atoms with Crippen molar-refractivity contribution in [1.29, 1.82) is 0 Å². The number of esters is 1. The van der Waals surface area contributed by atoms with Crippen LogP contribution in [0.3, 0.4) is 0 Å². The molecule has 2 aliphatic heterocycles. The Balaban J connectivity index is 2.29. The Morgan fingerprint density at radius 1 is 1.58 bits per heavy atom. The number of ether oxygens (including phenoxy) is 1. The molecule has 2 atom stereocenters. The largest absolute Gasteiger partial charge is 0.458 e. The maximum Gasteiger partial charge on any atom is 0.306 e. The lowest BCUT2D eigenvalue weighted by molar-refractivity contribution is -0.145. The minimum absolute atomic E-state index is 0.101. The highest BCUT2D eigenvalue weighted by Crippen LogP contribution is 2.37. The molecule has 0 unspecified atom stereocenters. The molecule has 0 radical (unpaired) electrons. The molecule has 0 aromatic heterocycles. The molecule has 0 aromatic carbocycles. The number of carbonyl (C=O) groups excluding carboxylic acids is 1. The van der Waals surface area contributed by atoms with Gasteiger partial charge in [0.15, 0.2) is 0 Å². The molecular weight excluding hydrogens is 220 g/mol. The Morgan fingerprint density at radius 2 is 2.42 bits per heavy atom. The molecule has 1 aliphatic carbocycles. The van der Waals surface area contributed by atoms with Gasteiger partial charge in [-0.05, 0) is 35.7 Å². The Labute approximate surface area is 81.5 Å². The van der Waals surface area contributed by atoms with Gasteiger partial charge in [0.1, 0.15) is 6.10 Å². The van der Waals surface area contributed by atoms with E-state index in [-0.39, 0.29) is 12.1 Å². The molecule has 2 nitrogen and oxygen atoms in total. The Morgan fingerprint density at radius 3 is 3.17 bits per heavy atom. The molecule has 3 heteroatoms. The van der Waals surface area contributed by atoms with Crippen molar-refractivity contribution in [2.45, 2.75) is 31.8 Å². The lowest BCUT2D eigenvalue weighted by Gasteiger charge is -2.23. The zero-order chi connectivity index (χ0) is 9.42. The summed E-state index contributed by atoms with van der Waals surface area (Å²) in [6.45, 7) is 0. The fourth-order valence-corrected chi connectivity index (χ4v) is 2.37. The molecule has 2 bridgehead atoms. The van der Waals surface area contributed by atoms with Gasteiger partial charge < -0.3 is 4.74 Å². The molecule has 0 amide bonds. The lowest BCUT2D eigenvalue weighted by Crippen LogP contribution is -2.19. The molecule has 3 aliphatic rings. The molecule has 66 valence electrons. The first-order valence-electron chi connectivity index (χ1n) is 4.71. The average molecular weight is 232 g/mol. The van der Waals surface area contributed by atoms with Gasteiger partial charge in [0.25, 0.3) is 0 Å². The summed E-state index contributed by atoms with van der Waals surface area (Å²) in [5.41, 5.74) is 0.960. The third kappa shape index (κ3) is 1.42. The van der Waals surface area contributed by atoms with Crippen molar-refractivity contribution in [3.63, 3.8) is 0 Å². The van der Waals surface area contributed by atoms with E-state index in [9.17, 15) is 4.79 Å². The summed E-state index contributed by atoms with van der Waals surface area (Å²) >= 11 is 3.15. The number of hydrogen-bond donors (Lipinski definition) is 0. The number of halogens is 1. The van der Waals surface area contributed by atoms with Gasteiger partial charge >= 0.3 is 5.97 Å². The van der Waals surface area contributed by atoms with Crippen molar-refractivity contribution in [3.05, 3.63) is 10.5 Å². The van der Waals surface area contributed by atoms with Crippen molar-refractivity contribution in [3.8, 4) is 0 Å². The standard InChI is InChI=1S/C9H11BrO2/c10-5-7-3-6-1-2-8(7)12-9(11)4-6/h5-6,8H,1-4H2/b7-5+/t6-,8+/m1/s1/i5D. The van der Waals surface area contributed by atoms with Gasteiger partial charge in [-0.1, -0.05) is 15.9 Å². The smallest absolute Gasteiger partial charge is 0.306 e. The third-order valence-corrected chi connectivity index (χ3v) is 3.09. The predicted octanol–water partition coefficient (Wildman–Crippen LogP) is 2.38. The Hall–Kier alpha value is -0.310. The SMILES string of the molecule is [2H]/C(Br)=C1/C[C@H]2CC[C@@H]1OC(=O)C2. The minimum atomic E-state index is -0.127. The van der Waals surface area contributed by atoms with Gasteiger partial charge in [0, 0.05) is 6.42 Å². The summed E-state index contributed by atoms with van der Waals surface area (Å²) in [6.07, 6.45) is 3.19. The number of rotatable bonds is 0. The van der Waals surface area contributed by atoms with Crippen LogP contribution in [-0.2, 0) is 9.53 Å². The van der Waals surface area contributed by atoms with Crippen molar-refractivity contribution in [2.24, 2.45) is 5.92 Å². The van der Waals surface area contributed by atoms with E-state index in [0.717, 1.165) is 24.8 Å². The van der Waals surface area contributed by atoms with E-state index in [2.05, 4.69) is 15.9 Å². The van der Waals surface area contributed by atoms with Crippen LogP contribution in [0.15, 0.2) is 10.5 Å². The molecule has 0 spiro atoms. The monoisotopic (exact) mass is 231 g/mol. The van der Waals surface area contributed by atoms with E-state index in [1.165, 1.54) is 0 Å². The first-order valence-corrected chi connectivity index (χ1v) is 5.00. The van der Waals surface area contributed by atoms with Crippen LogP contribution in [0.1, 0.15) is 27.1 Å². The normalized spacial score (nSPS) is 40.1.